The number of thiophene rings is 1. The normalized spacial score (nSPS) is 21.7. The molecule has 1 aliphatic heterocycles. The van der Waals surface area contributed by atoms with Gasteiger partial charge in [0.05, 0.1) is 11.5 Å². The van der Waals surface area contributed by atoms with Crippen LogP contribution in [0, 0.1) is 0 Å². The van der Waals surface area contributed by atoms with E-state index in [1.165, 1.54) is 41.7 Å². The minimum Gasteiger partial charge on any atom is -0.381 e. The van der Waals surface area contributed by atoms with Crippen molar-refractivity contribution in [1.82, 2.24) is 14.8 Å². The van der Waals surface area contributed by atoms with Crippen molar-refractivity contribution in [2.45, 2.75) is 51.5 Å². The van der Waals surface area contributed by atoms with Gasteiger partial charge in [-0.15, -0.1) is 11.3 Å². The first-order chi connectivity index (χ1) is 10.4. The summed E-state index contributed by atoms with van der Waals surface area (Å²) in [5.41, 5.74) is 3.07. The van der Waals surface area contributed by atoms with Crippen LogP contribution in [-0.2, 0) is 24.1 Å². The Balaban J connectivity index is 1.75. The van der Waals surface area contributed by atoms with E-state index in [2.05, 4.69) is 17.0 Å². The minimum atomic E-state index is 0.382. The number of nitrogens with zero attached hydrogens (tertiary/aromatic N) is 3. The molecule has 0 aromatic carbocycles. The van der Waals surface area contributed by atoms with Crippen molar-refractivity contribution >= 4 is 11.3 Å². The van der Waals surface area contributed by atoms with Gasteiger partial charge in [0.2, 0.25) is 0 Å². The highest BCUT2D eigenvalue weighted by Crippen LogP contribution is 2.37. The van der Waals surface area contributed by atoms with Crippen LogP contribution in [0.15, 0.2) is 5.38 Å². The molecule has 1 aliphatic carbocycles. The van der Waals surface area contributed by atoms with Gasteiger partial charge >= 0.3 is 0 Å². The summed E-state index contributed by atoms with van der Waals surface area (Å²) in [5.74, 6) is 2.43. The zero-order chi connectivity index (χ0) is 14.2. The molecular formula is C16H21N3OS. The zero-order valence-electron chi connectivity index (χ0n) is 12.5. The summed E-state index contributed by atoms with van der Waals surface area (Å²) in [6.45, 7) is 4.64. The first-order valence-corrected chi connectivity index (χ1v) is 8.87. The largest absolute Gasteiger partial charge is 0.381 e. The fraction of sp³-hybridized carbons (Fsp3) is 0.625. The van der Waals surface area contributed by atoms with Crippen LogP contribution in [0.25, 0.3) is 10.7 Å². The number of hydrogen-bond acceptors (Lipinski definition) is 4. The molecule has 4 nitrogen and oxygen atoms in total. The molecule has 0 radical (unpaired) electrons. The summed E-state index contributed by atoms with van der Waals surface area (Å²) >= 11 is 1.85. The van der Waals surface area contributed by atoms with Crippen molar-refractivity contribution in [3.05, 3.63) is 22.3 Å². The Labute approximate surface area is 129 Å². The molecule has 0 spiro atoms. The van der Waals surface area contributed by atoms with Crippen LogP contribution >= 0.6 is 11.3 Å². The SMILES string of the molecule is CCn1nc(C2CCOC2)nc1-c1scc2c1CCCC2. The van der Waals surface area contributed by atoms with E-state index in [9.17, 15) is 0 Å². The van der Waals surface area contributed by atoms with Crippen molar-refractivity contribution in [2.75, 3.05) is 13.2 Å². The Morgan fingerprint density at radius 1 is 1.38 bits per heavy atom. The summed E-state index contributed by atoms with van der Waals surface area (Å²) in [4.78, 5) is 6.25. The Bertz CT molecular complexity index is 640. The van der Waals surface area contributed by atoms with Gasteiger partial charge in [-0.05, 0) is 55.5 Å². The van der Waals surface area contributed by atoms with Crippen LogP contribution in [0.5, 0.6) is 0 Å². The average Bonchev–Trinajstić information content (AvgIpc) is 3.24. The Morgan fingerprint density at radius 2 is 2.29 bits per heavy atom. The summed E-state index contributed by atoms with van der Waals surface area (Å²) in [7, 11) is 0. The molecule has 0 N–H and O–H groups in total. The lowest BCUT2D eigenvalue weighted by molar-refractivity contribution is 0.193. The van der Waals surface area contributed by atoms with Gasteiger partial charge in [-0.25, -0.2) is 9.67 Å². The number of hydrogen-bond donors (Lipinski definition) is 0. The van der Waals surface area contributed by atoms with Crippen LogP contribution < -0.4 is 0 Å². The topological polar surface area (TPSA) is 39.9 Å². The highest BCUT2D eigenvalue weighted by atomic mass is 32.1. The van der Waals surface area contributed by atoms with Gasteiger partial charge in [-0.3, -0.25) is 0 Å². The smallest absolute Gasteiger partial charge is 0.168 e. The molecule has 2 aromatic rings. The molecule has 3 heterocycles. The molecule has 0 saturated carbocycles. The van der Waals surface area contributed by atoms with Crippen molar-refractivity contribution in [2.24, 2.45) is 0 Å². The van der Waals surface area contributed by atoms with Crippen LogP contribution in [0.2, 0.25) is 0 Å². The molecule has 4 rings (SSSR count). The monoisotopic (exact) mass is 303 g/mol. The molecule has 2 aliphatic rings. The molecule has 0 amide bonds. The van der Waals surface area contributed by atoms with Crippen LogP contribution in [-0.4, -0.2) is 28.0 Å². The molecule has 5 heteroatoms. The predicted molar refractivity (Wildman–Crippen MR) is 83.8 cm³/mol. The summed E-state index contributed by atoms with van der Waals surface area (Å²) < 4.78 is 7.57. The molecule has 1 saturated heterocycles. The van der Waals surface area contributed by atoms with Gasteiger partial charge in [0.15, 0.2) is 11.6 Å². The van der Waals surface area contributed by atoms with Crippen LogP contribution in [0.4, 0.5) is 0 Å². The molecule has 1 fully saturated rings. The standard InChI is InChI=1S/C16H21N3OS/c1-2-19-16(17-15(18-19)11-7-8-20-9-11)14-13-6-4-3-5-12(13)10-21-14/h10-11H,2-9H2,1H3. The van der Waals surface area contributed by atoms with Gasteiger partial charge in [-0.1, -0.05) is 0 Å². The summed E-state index contributed by atoms with van der Waals surface area (Å²) in [6.07, 6.45) is 6.12. The maximum Gasteiger partial charge on any atom is 0.168 e. The third-order valence-corrected chi connectivity index (χ3v) is 5.66. The third-order valence-electron chi connectivity index (χ3n) is 4.59. The quantitative estimate of drug-likeness (QED) is 0.872. The van der Waals surface area contributed by atoms with E-state index in [1.807, 2.05) is 11.3 Å². The van der Waals surface area contributed by atoms with Crippen LogP contribution in [0.1, 0.15) is 49.1 Å². The van der Waals surface area contributed by atoms with Crippen molar-refractivity contribution in [3.63, 3.8) is 0 Å². The lowest BCUT2D eigenvalue weighted by atomic mass is 9.94. The highest BCUT2D eigenvalue weighted by molar-refractivity contribution is 7.13. The van der Waals surface area contributed by atoms with Gasteiger partial charge < -0.3 is 4.74 Å². The average molecular weight is 303 g/mol. The second-order valence-electron chi connectivity index (χ2n) is 5.95. The van der Waals surface area contributed by atoms with E-state index in [1.54, 1.807) is 0 Å². The Hall–Kier alpha value is -1.20. The number of rotatable bonds is 3. The minimum absolute atomic E-state index is 0.382. The maximum atomic E-state index is 5.49. The molecule has 112 valence electrons. The second-order valence-corrected chi connectivity index (χ2v) is 6.83. The van der Waals surface area contributed by atoms with E-state index in [0.29, 0.717) is 5.92 Å². The van der Waals surface area contributed by atoms with E-state index < -0.39 is 0 Å². The van der Waals surface area contributed by atoms with Crippen molar-refractivity contribution in [1.29, 1.82) is 0 Å². The number of fused-ring (bicyclic) bond motifs is 1. The first kappa shape index (κ1) is 13.5. The highest BCUT2D eigenvalue weighted by Gasteiger charge is 2.26. The fourth-order valence-corrected chi connectivity index (χ4v) is 4.52. The summed E-state index contributed by atoms with van der Waals surface area (Å²) in [5, 5.41) is 7.08. The third kappa shape index (κ3) is 2.32. The van der Waals surface area contributed by atoms with Gasteiger partial charge in [0.1, 0.15) is 0 Å². The fourth-order valence-electron chi connectivity index (χ4n) is 3.37. The maximum absolute atomic E-state index is 5.49. The zero-order valence-corrected chi connectivity index (χ0v) is 13.3. The number of aryl methyl sites for hydroxylation is 2. The number of ether oxygens (including phenoxy) is 1. The molecule has 2 aromatic heterocycles. The van der Waals surface area contributed by atoms with Gasteiger partial charge in [0, 0.05) is 19.1 Å². The molecule has 1 unspecified atom stereocenters. The van der Waals surface area contributed by atoms with Gasteiger partial charge in [0.25, 0.3) is 0 Å². The van der Waals surface area contributed by atoms with E-state index >= 15 is 0 Å². The summed E-state index contributed by atoms with van der Waals surface area (Å²) in [6, 6.07) is 0. The predicted octanol–water partition coefficient (Wildman–Crippen LogP) is 3.41. The molecule has 21 heavy (non-hydrogen) atoms. The lowest BCUT2D eigenvalue weighted by Crippen LogP contribution is -2.04. The Morgan fingerprint density at radius 3 is 3.10 bits per heavy atom. The van der Waals surface area contributed by atoms with Gasteiger partial charge in [-0.2, -0.15) is 5.10 Å². The lowest BCUT2D eigenvalue weighted by Gasteiger charge is -2.12. The second kappa shape index (κ2) is 5.54. The van der Waals surface area contributed by atoms with Crippen molar-refractivity contribution < 1.29 is 4.74 Å². The van der Waals surface area contributed by atoms with E-state index in [4.69, 9.17) is 14.8 Å². The van der Waals surface area contributed by atoms with E-state index in [0.717, 1.165) is 37.8 Å². The molecular weight excluding hydrogens is 282 g/mol. The molecule has 0 bridgehead atoms. The molecule has 1 atom stereocenters. The Kier molecular flexibility index (Phi) is 3.55. The van der Waals surface area contributed by atoms with Crippen molar-refractivity contribution in [3.8, 4) is 10.7 Å². The number of aromatic nitrogens is 3. The van der Waals surface area contributed by atoms with Crippen LogP contribution in [0.3, 0.4) is 0 Å². The first-order valence-electron chi connectivity index (χ1n) is 7.99. The van der Waals surface area contributed by atoms with E-state index in [-0.39, 0.29) is 0 Å².